The molecule has 1 aromatic rings. The van der Waals surface area contributed by atoms with Crippen molar-refractivity contribution in [3.8, 4) is 5.75 Å². The van der Waals surface area contributed by atoms with Crippen molar-refractivity contribution in [1.29, 1.82) is 0 Å². The molecule has 112 valence electrons. The topological polar surface area (TPSA) is 21.7 Å². The third-order valence-corrected chi connectivity index (χ3v) is 4.16. The van der Waals surface area contributed by atoms with Crippen LogP contribution in [0, 0.1) is 6.92 Å². The van der Waals surface area contributed by atoms with E-state index < -0.39 is 0 Å². The zero-order chi connectivity index (χ0) is 14.7. The summed E-state index contributed by atoms with van der Waals surface area (Å²) in [6.07, 6.45) is 0.571. The number of hydrogen-bond acceptors (Lipinski definition) is 3. The van der Waals surface area contributed by atoms with Gasteiger partial charge in [0.1, 0.15) is 6.61 Å². The van der Waals surface area contributed by atoms with Gasteiger partial charge in [-0.15, -0.1) is 0 Å². The van der Waals surface area contributed by atoms with Crippen molar-refractivity contribution < 1.29 is 9.47 Å². The predicted octanol–water partition coefficient (Wildman–Crippen LogP) is 3.90. The van der Waals surface area contributed by atoms with E-state index in [1.807, 2.05) is 19.1 Å². The largest absolute Gasteiger partial charge is 0.490 e. The third-order valence-electron chi connectivity index (χ3n) is 3.29. The average Bonchev–Trinajstić information content (AvgIpc) is 2.31. The van der Waals surface area contributed by atoms with Crippen molar-refractivity contribution >= 4 is 27.5 Å². The molecule has 2 rings (SSSR count). The molecule has 3 nitrogen and oxygen atoms in total. The maximum Gasteiger partial charge on any atom is 0.152 e. The SMILES string of the molecule is Cc1cc(Cl)c(OCCN2C[C@@H](C)O[C@H](C)C2)c(Br)c1. The molecule has 0 aliphatic carbocycles. The number of aryl methyl sites for hydroxylation is 1. The number of rotatable bonds is 4. The fourth-order valence-electron chi connectivity index (χ4n) is 2.57. The highest BCUT2D eigenvalue weighted by Gasteiger charge is 2.21. The summed E-state index contributed by atoms with van der Waals surface area (Å²) in [4.78, 5) is 2.37. The van der Waals surface area contributed by atoms with E-state index in [4.69, 9.17) is 21.1 Å². The Labute approximate surface area is 134 Å². The molecule has 1 saturated heterocycles. The molecule has 0 saturated carbocycles. The van der Waals surface area contributed by atoms with E-state index in [1.165, 1.54) is 0 Å². The molecular weight excluding hydrogens is 342 g/mol. The van der Waals surface area contributed by atoms with Crippen molar-refractivity contribution in [1.82, 2.24) is 4.90 Å². The van der Waals surface area contributed by atoms with E-state index in [0.29, 0.717) is 11.6 Å². The lowest BCUT2D eigenvalue weighted by Gasteiger charge is -2.35. The first-order valence-corrected chi connectivity index (χ1v) is 8.09. The summed E-state index contributed by atoms with van der Waals surface area (Å²) in [6, 6.07) is 3.93. The first-order chi connectivity index (χ1) is 9.45. The molecule has 0 aromatic heterocycles. The lowest BCUT2D eigenvalue weighted by Crippen LogP contribution is -2.46. The van der Waals surface area contributed by atoms with Crippen LogP contribution in [-0.4, -0.2) is 43.3 Å². The molecule has 2 atom stereocenters. The number of halogens is 2. The van der Waals surface area contributed by atoms with Gasteiger partial charge in [-0.2, -0.15) is 0 Å². The van der Waals surface area contributed by atoms with Crippen molar-refractivity contribution in [3.63, 3.8) is 0 Å². The number of ether oxygens (including phenoxy) is 2. The fraction of sp³-hybridized carbons (Fsp3) is 0.600. The fourth-order valence-corrected chi connectivity index (χ4v) is 3.70. The van der Waals surface area contributed by atoms with Crippen LogP contribution in [0.3, 0.4) is 0 Å². The van der Waals surface area contributed by atoms with Crippen LogP contribution in [0.2, 0.25) is 5.02 Å². The Balaban J connectivity index is 1.87. The minimum absolute atomic E-state index is 0.286. The van der Waals surface area contributed by atoms with Crippen molar-refractivity contribution in [2.75, 3.05) is 26.2 Å². The Morgan fingerprint density at radius 1 is 1.35 bits per heavy atom. The quantitative estimate of drug-likeness (QED) is 0.811. The lowest BCUT2D eigenvalue weighted by atomic mass is 10.2. The highest BCUT2D eigenvalue weighted by Crippen LogP contribution is 2.34. The zero-order valence-corrected chi connectivity index (χ0v) is 14.5. The summed E-state index contributed by atoms with van der Waals surface area (Å²) in [5, 5.41) is 0.653. The van der Waals surface area contributed by atoms with Crippen molar-refractivity contribution in [2.24, 2.45) is 0 Å². The predicted molar refractivity (Wildman–Crippen MR) is 85.8 cm³/mol. The Morgan fingerprint density at radius 2 is 2.00 bits per heavy atom. The smallest absolute Gasteiger partial charge is 0.152 e. The summed E-state index contributed by atoms with van der Waals surface area (Å²) < 4.78 is 12.5. The van der Waals surface area contributed by atoms with E-state index in [-0.39, 0.29) is 12.2 Å². The zero-order valence-electron chi connectivity index (χ0n) is 12.2. The minimum atomic E-state index is 0.286. The van der Waals surface area contributed by atoms with Gasteiger partial charge in [0.05, 0.1) is 21.7 Å². The molecule has 1 aromatic carbocycles. The first kappa shape index (κ1) is 16.1. The van der Waals surface area contributed by atoms with Gasteiger partial charge in [0.15, 0.2) is 5.75 Å². The molecule has 0 N–H and O–H groups in total. The second-order valence-electron chi connectivity index (χ2n) is 5.42. The number of nitrogens with zero attached hydrogens (tertiary/aromatic N) is 1. The molecular formula is C15H21BrClNO2. The number of hydrogen-bond donors (Lipinski definition) is 0. The van der Waals surface area contributed by atoms with Gasteiger partial charge in [0, 0.05) is 19.6 Å². The van der Waals surface area contributed by atoms with Crippen LogP contribution in [0.5, 0.6) is 5.75 Å². The molecule has 0 bridgehead atoms. The number of morpholine rings is 1. The van der Waals surface area contributed by atoms with Gasteiger partial charge in [0.2, 0.25) is 0 Å². The van der Waals surface area contributed by atoms with Gasteiger partial charge in [0.25, 0.3) is 0 Å². The van der Waals surface area contributed by atoms with E-state index in [1.54, 1.807) is 0 Å². The Morgan fingerprint density at radius 3 is 2.60 bits per heavy atom. The normalized spacial score (nSPS) is 23.9. The average molecular weight is 363 g/mol. The van der Waals surface area contributed by atoms with Gasteiger partial charge < -0.3 is 9.47 Å². The molecule has 1 aliphatic heterocycles. The van der Waals surface area contributed by atoms with Gasteiger partial charge in [-0.3, -0.25) is 4.90 Å². The van der Waals surface area contributed by atoms with Crippen LogP contribution in [-0.2, 0) is 4.74 Å². The molecule has 1 aliphatic rings. The van der Waals surface area contributed by atoms with Crippen LogP contribution in [0.1, 0.15) is 19.4 Å². The Kier molecular flexibility index (Phi) is 5.73. The molecule has 20 heavy (non-hydrogen) atoms. The maximum absolute atomic E-state index is 6.21. The van der Waals surface area contributed by atoms with Crippen molar-refractivity contribution in [3.05, 3.63) is 27.2 Å². The highest BCUT2D eigenvalue weighted by molar-refractivity contribution is 9.10. The minimum Gasteiger partial charge on any atom is -0.490 e. The molecule has 1 heterocycles. The third kappa shape index (κ3) is 4.35. The van der Waals surface area contributed by atoms with E-state index >= 15 is 0 Å². The van der Waals surface area contributed by atoms with Gasteiger partial charge in [-0.05, 0) is 54.4 Å². The Bertz CT molecular complexity index is 436. The standard InChI is InChI=1S/C15H21BrClNO2/c1-10-6-13(16)15(14(17)7-10)19-5-4-18-8-11(2)20-12(3)9-18/h6-7,11-12H,4-5,8-9H2,1-3H3/t11-,12-/m1/s1. The monoisotopic (exact) mass is 361 g/mol. The van der Waals surface area contributed by atoms with Crippen LogP contribution in [0.4, 0.5) is 0 Å². The van der Waals surface area contributed by atoms with Crippen LogP contribution >= 0.6 is 27.5 Å². The lowest BCUT2D eigenvalue weighted by molar-refractivity contribution is -0.0699. The summed E-state index contributed by atoms with van der Waals surface area (Å²) in [5.41, 5.74) is 1.12. The van der Waals surface area contributed by atoms with E-state index in [9.17, 15) is 0 Å². The molecule has 0 unspecified atom stereocenters. The molecule has 1 fully saturated rings. The first-order valence-electron chi connectivity index (χ1n) is 6.92. The summed E-state index contributed by atoms with van der Waals surface area (Å²) in [7, 11) is 0. The van der Waals surface area contributed by atoms with Crippen molar-refractivity contribution in [2.45, 2.75) is 33.0 Å². The Hall–Kier alpha value is -0.290. The van der Waals surface area contributed by atoms with Gasteiger partial charge >= 0.3 is 0 Å². The summed E-state index contributed by atoms with van der Waals surface area (Å²) in [6.45, 7) is 9.65. The maximum atomic E-state index is 6.21. The van der Waals surface area contributed by atoms with Gasteiger partial charge in [-0.25, -0.2) is 0 Å². The molecule has 0 spiro atoms. The molecule has 0 radical (unpaired) electrons. The summed E-state index contributed by atoms with van der Waals surface area (Å²) in [5.74, 6) is 0.728. The van der Waals surface area contributed by atoms with Crippen LogP contribution in [0.25, 0.3) is 0 Å². The van der Waals surface area contributed by atoms with Crippen LogP contribution < -0.4 is 4.74 Å². The summed E-state index contributed by atoms with van der Waals surface area (Å²) >= 11 is 9.71. The molecule has 0 amide bonds. The van der Waals surface area contributed by atoms with Crippen LogP contribution in [0.15, 0.2) is 16.6 Å². The number of benzene rings is 1. The second kappa shape index (κ2) is 7.12. The van der Waals surface area contributed by atoms with Gasteiger partial charge in [-0.1, -0.05) is 11.6 Å². The second-order valence-corrected chi connectivity index (χ2v) is 6.68. The van der Waals surface area contributed by atoms with E-state index in [0.717, 1.165) is 35.4 Å². The van der Waals surface area contributed by atoms with E-state index in [2.05, 4.69) is 34.7 Å². The highest BCUT2D eigenvalue weighted by atomic mass is 79.9. The molecule has 5 heteroatoms.